The Bertz CT molecular complexity index is 720. The van der Waals surface area contributed by atoms with Crippen molar-refractivity contribution in [2.24, 2.45) is 0 Å². The molecule has 0 radical (unpaired) electrons. The van der Waals surface area contributed by atoms with Crippen LogP contribution in [0.5, 0.6) is 0 Å². The molecule has 0 spiro atoms. The van der Waals surface area contributed by atoms with Crippen LogP contribution in [0.2, 0.25) is 0 Å². The van der Waals surface area contributed by atoms with E-state index in [1.807, 2.05) is 0 Å². The Labute approximate surface area is 114 Å². The summed E-state index contributed by atoms with van der Waals surface area (Å²) >= 11 is 0. The summed E-state index contributed by atoms with van der Waals surface area (Å²) < 4.78 is 62.6. The van der Waals surface area contributed by atoms with Gasteiger partial charge in [-0.3, -0.25) is 0 Å². The van der Waals surface area contributed by atoms with Gasteiger partial charge in [0.15, 0.2) is 9.84 Å². The van der Waals surface area contributed by atoms with Crippen LogP contribution in [0.4, 0.5) is 13.2 Å². The minimum absolute atomic E-state index is 0.0583. The number of sulfone groups is 1. The van der Waals surface area contributed by atoms with E-state index in [4.69, 9.17) is 0 Å². The molecule has 0 unspecified atom stereocenters. The molecule has 2 aromatic rings. The van der Waals surface area contributed by atoms with Crippen molar-refractivity contribution in [1.82, 2.24) is 0 Å². The minimum atomic E-state index is -4.72. The molecule has 0 aliphatic heterocycles. The quantitative estimate of drug-likeness (QED) is 0.846. The van der Waals surface area contributed by atoms with Crippen molar-refractivity contribution in [1.29, 1.82) is 0 Å². The van der Waals surface area contributed by atoms with Crippen molar-refractivity contribution in [2.75, 3.05) is 6.26 Å². The van der Waals surface area contributed by atoms with E-state index in [1.54, 1.807) is 30.3 Å². The van der Waals surface area contributed by atoms with Crippen molar-refractivity contribution in [3.05, 3.63) is 54.1 Å². The molecule has 0 fully saturated rings. The van der Waals surface area contributed by atoms with Gasteiger partial charge in [-0.2, -0.15) is 13.2 Å². The van der Waals surface area contributed by atoms with Crippen LogP contribution >= 0.6 is 0 Å². The van der Waals surface area contributed by atoms with Crippen molar-refractivity contribution in [2.45, 2.75) is 11.1 Å². The Balaban J connectivity index is 2.84. The van der Waals surface area contributed by atoms with Crippen molar-refractivity contribution in [3.8, 4) is 11.1 Å². The molecule has 0 aromatic heterocycles. The molecule has 0 amide bonds. The molecule has 0 aliphatic carbocycles. The summed E-state index contributed by atoms with van der Waals surface area (Å²) in [6.07, 6.45) is -3.94. The van der Waals surface area contributed by atoms with Gasteiger partial charge in [-0.15, -0.1) is 0 Å². The summed E-state index contributed by atoms with van der Waals surface area (Å²) in [5.41, 5.74) is -0.650. The van der Waals surface area contributed by atoms with E-state index >= 15 is 0 Å². The first-order chi connectivity index (χ1) is 9.21. The lowest BCUT2D eigenvalue weighted by Gasteiger charge is -2.15. The molecule has 20 heavy (non-hydrogen) atoms. The lowest BCUT2D eigenvalue weighted by atomic mass is 10.0. The van der Waals surface area contributed by atoms with E-state index in [1.165, 1.54) is 12.1 Å². The maximum absolute atomic E-state index is 13.0. The van der Waals surface area contributed by atoms with Gasteiger partial charge in [0, 0.05) is 11.8 Å². The fourth-order valence-electron chi connectivity index (χ4n) is 2.00. The average Bonchev–Trinajstić information content (AvgIpc) is 2.37. The summed E-state index contributed by atoms with van der Waals surface area (Å²) in [7, 11) is -4.02. The van der Waals surface area contributed by atoms with Gasteiger partial charge in [0.2, 0.25) is 0 Å². The van der Waals surface area contributed by atoms with E-state index in [2.05, 4.69) is 0 Å². The van der Waals surface area contributed by atoms with Gasteiger partial charge in [-0.05, 0) is 11.6 Å². The van der Waals surface area contributed by atoms with Gasteiger partial charge in [0.25, 0.3) is 0 Å². The highest BCUT2D eigenvalue weighted by Crippen LogP contribution is 2.39. The summed E-state index contributed by atoms with van der Waals surface area (Å²) in [6.45, 7) is 0. The Morgan fingerprint density at radius 2 is 1.50 bits per heavy atom. The van der Waals surface area contributed by atoms with Gasteiger partial charge in [-0.1, -0.05) is 42.5 Å². The first kappa shape index (κ1) is 14.6. The first-order valence-corrected chi connectivity index (χ1v) is 7.56. The van der Waals surface area contributed by atoms with E-state index in [0.29, 0.717) is 5.56 Å². The third-order valence-electron chi connectivity index (χ3n) is 2.78. The van der Waals surface area contributed by atoms with Crippen molar-refractivity contribution < 1.29 is 21.6 Å². The Morgan fingerprint density at radius 1 is 0.900 bits per heavy atom. The third-order valence-corrected chi connectivity index (χ3v) is 3.96. The molecule has 0 atom stereocenters. The van der Waals surface area contributed by atoms with Crippen molar-refractivity contribution >= 4 is 9.84 Å². The normalized spacial score (nSPS) is 12.4. The van der Waals surface area contributed by atoms with Gasteiger partial charge < -0.3 is 0 Å². The predicted molar refractivity (Wildman–Crippen MR) is 70.0 cm³/mol. The lowest BCUT2D eigenvalue weighted by Crippen LogP contribution is -2.13. The molecule has 106 valence electrons. The zero-order valence-electron chi connectivity index (χ0n) is 10.5. The molecular formula is C14H11F3O2S. The van der Waals surface area contributed by atoms with Crippen LogP contribution < -0.4 is 0 Å². The predicted octanol–water partition coefficient (Wildman–Crippen LogP) is 3.78. The number of alkyl halides is 3. The van der Waals surface area contributed by atoms with Gasteiger partial charge in [0.1, 0.15) is 0 Å². The van der Waals surface area contributed by atoms with E-state index < -0.39 is 26.5 Å². The van der Waals surface area contributed by atoms with E-state index in [-0.39, 0.29) is 5.56 Å². The van der Waals surface area contributed by atoms with Crippen LogP contribution in [0.15, 0.2) is 53.4 Å². The number of hydrogen-bond acceptors (Lipinski definition) is 2. The molecule has 6 heteroatoms. The highest BCUT2D eigenvalue weighted by Gasteiger charge is 2.37. The third kappa shape index (κ3) is 2.85. The molecule has 0 N–H and O–H groups in total. The molecule has 2 aromatic carbocycles. The zero-order chi connectivity index (χ0) is 15.0. The summed E-state index contributed by atoms with van der Waals surface area (Å²) in [4.78, 5) is -0.682. The average molecular weight is 300 g/mol. The SMILES string of the molecule is CS(=O)(=O)c1c(-c2ccccc2)cccc1C(F)(F)F. The fourth-order valence-corrected chi connectivity index (χ4v) is 3.17. The maximum Gasteiger partial charge on any atom is 0.417 e. The number of rotatable bonds is 2. The molecule has 0 heterocycles. The summed E-state index contributed by atoms with van der Waals surface area (Å²) in [6, 6.07) is 11.5. The smallest absolute Gasteiger partial charge is 0.224 e. The van der Waals surface area contributed by atoms with Crippen LogP contribution in [0.25, 0.3) is 11.1 Å². The van der Waals surface area contributed by atoms with E-state index in [0.717, 1.165) is 12.3 Å². The molecular weight excluding hydrogens is 289 g/mol. The Kier molecular flexibility index (Phi) is 3.60. The molecule has 0 aliphatic rings. The fraction of sp³-hybridized carbons (Fsp3) is 0.143. The molecule has 0 saturated heterocycles. The number of hydrogen-bond donors (Lipinski definition) is 0. The van der Waals surface area contributed by atoms with Crippen LogP contribution in [0, 0.1) is 0 Å². The summed E-state index contributed by atoms with van der Waals surface area (Å²) in [5.74, 6) is 0. The largest absolute Gasteiger partial charge is 0.417 e. The zero-order valence-corrected chi connectivity index (χ0v) is 11.3. The second-order valence-corrected chi connectivity index (χ2v) is 6.27. The highest BCUT2D eigenvalue weighted by molar-refractivity contribution is 7.90. The standard InChI is InChI=1S/C14H11F3O2S/c1-20(18,19)13-11(10-6-3-2-4-7-10)8-5-9-12(13)14(15,16)17/h2-9H,1H3. The topological polar surface area (TPSA) is 34.1 Å². The number of halogens is 3. The molecule has 0 bridgehead atoms. The first-order valence-electron chi connectivity index (χ1n) is 5.67. The molecule has 0 saturated carbocycles. The Hall–Kier alpha value is -1.82. The van der Waals surface area contributed by atoms with Gasteiger partial charge >= 0.3 is 6.18 Å². The van der Waals surface area contributed by atoms with Gasteiger partial charge in [0.05, 0.1) is 10.5 Å². The maximum atomic E-state index is 13.0. The Morgan fingerprint density at radius 3 is 2.00 bits per heavy atom. The lowest BCUT2D eigenvalue weighted by molar-refractivity contribution is -0.139. The van der Waals surface area contributed by atoms with Crippen LogP contribution in [0.1, 0.15) is 5.56 Å². The van der Waals surface area contributed by atoms with Crippen LogP contribution in [-0.2, 0) is 16.0 Å². The summed E-state index contributed by atoms with van der Waals surface area (Å²) in [5, 5.41) is 0. The second kappa shape index (κ2) is 4.94. The minimum Gasteiger partial charge on any atom is -0.224 e. The van der Waals surface area contributed by atoms with Crippen LogP contribution in [-0.4, -0.2) is 14.7 Å². The van der Waals surface area contributed by atoms with E-state index in [9.17, 15) is 21.6 Å². The molecule has 2 rings (SSSR count). The highest BCUT2D eigenvalue weighted by atomic mass is 32.2. The monoisotopic (exact) mass is 300 g/mol. The number of benzene rings is 2. The van der Waals surface area contributed by atoms with Crippen LogP contribution in [0.3, 0.4) is 0 Å². The molecule has 2 nitrogen and oxygen atoms in total. The second-order valence-electron chi connectivity index (χ2n) is 4.32. The van der Waals surface area contributed by atoms with Crippen molar-refractivity contribution in [3.63, 3.8) is 0 Å². The van der Waals surface area contributed by atoms with Gasteiger partial charge in [-0.25, -0.2) is 8.42 Å².